The quantitative estimate of drug-likeness (QED) is 0.370. The molecule has 2 aromatic rings. The second kappa shape index (κ2) is 11.6. The van der Waals surface area contributed by atoms with Crippen LogP contribution in [0.25, 0.3) is 0 Å². The third-order valence-corrected chi connectivity index (χ3v) is 6.74. The van der Waals surface area contributed by atoms with E-state index in [-0.39, 0.29) is 24.4 Å². The fourth-order valence-corrected chi connectivity index (χ4v) is 4.99. The lowest BCUT2D eigenvalue weighted by Crippen LogP contribution is -2.38. The number of hydrogen-bond donors (Lipinski definition) is 1. The van der Waals surface area contributed by atoms with Gasteiger partial charge in [-0.15, -0.1) is 0 Å². The molecule has 1 fully saturated rings. The van der Waals surface area contributed by atoms with Crippen molar-refractivity contribution in [2.45, 2.75) is 84.4 Å². The van der Waals surface area contributed by atoms with Crippen LogP contribution in [0, 0.1) is 5.92 Å². The first-order chi connectivity index (χ1) is 15.4. The van der Waals surface area contributed by atoms with E-state index in [1.807, 2.05) is 24.3 Å². The number of rotatable bonds is 10. The standard InChI is InChI=1S/C28H39NO3/c1-20(2)29(21(3)4)17-16-25(23-10-6-5-7-11-23)26-18-22(19-30)14-15-27(26)32-28(31)24-12-8-9-13-24/h5-7,10-11,14-15,18,20-21,24-25,30H,8-9,12-13,16-17,19H2,1-4H3. The van der Waals surface area contributed by atoms with Gasteiger partial charge in [0.25, 0.3) is 0 Å². The first kappa shape index (κ1) is 24.5. The molecule has 1 aliphatic carbocycles. The second-order valence-electron chi connectivity index (χ2n) is 9.61. The first-order valence-corrected chi connectivity index (χ1v) is 12.2. The molecule has 0 saturated heterocycles. The second-order valence-corrected chi connectivity index (χ2v) is 9.61. The average molecular weight is 438 g/mol. The minimum absolute atomic E-state index is 0.00733. The molecule has 174 valence electrons. The first-order valence-electron chi connectivity index (χ1n) is 12.2. The van der Waals surface area contributed by atoms with Gasteiger partial charge in [-0.1, -0.05) is 49.2 Å². The summed E-state index contributed by atoms with van der Waals surface area (Å²) >= 11 is 0. The van der Waals surface area contributed by atoms with Gasteiger partial charge in [0.1, 0.15) is 5.75 Å². The number of esters is 1. The number of aliphatic hydroxyl groups excluding tert-OH is 1. The molecule has 1 unspecified atom stereocenters. The van der Waals surface area contributed by atoms with Crippen molar-refractivity contribution in [3.8, 4) is 5.75 Å². The lowest BCUT2D eigenvalue weighted by atomic mass is 9.86. The molecule has 0 bridgehead atoms. The Balaban J connectivity index is 1.95. The lowest BCUT2D eigenvalue weighted by molar-refractivity contribution is -0.138. The Hall–Kier alpha value is -2.17. The molecule has 1 N–H and O–H groups in total. The summed E-state index contributed by atoms with van der Waals surface area (Å²) in [5.41, 5.74) is 3.03. The SMILES string of the molecule is CC(C)N(CCC(c1ccccc1)c1cc(CO)ccc1OC(=O)C1CCCC1)C(C)C. The Labute approximate surface area is 193 Å². The zero-order valence-electron chi connectivity index (χ0n) is 20.1. The maximum Gasteiger partial charge on any atom is 0.314 e. The van der Waals surface area contributed by atoms with Crippen molar-refractivity contribution >= 4 is 5.97 Å². The van der Waals surface area contributed by atoms with Crippen molar-refractivity contribution in [3.63, 3.8) is 0 Å². The van der Waals surface area contributed by atoms with Crippen LogP contribution in [-0.2, 0) is 11.4 Å². The zero-order valence-corrected chi connectivity index (χ0v) is 20.1. The van der Waals surface area contributed by atoms with Crippen molar-refractivity contribution < 1.29 is 14.6 Å². The molecule has 4 nitrogen and oxygen atoms in total. The maximum atomic E-state index is 12.8. The Morgan fingerprint density at radius 3 is 2.28 bits per heavy atom. The van der Waals surface area contributed by atoms with Crippen molar-refractivity contribution in [1.29, 1.82) is 0 Å². The highest BCUT2D eigenvalue weighted by atomic mass is 16.5. The van der Waals surface area contributed by atoms with Gasteiger partial charge in [0.2, 0.25) is 0 Å². The van der Waals surface area contributed by atoms with Gasteiger partial charge in [-0.05, 0) is 76.8 Å². The van der Waals surface area contributed by atoms with Crippen LogP contribution < -0.4 is 4.74 Å². The largest absolute Gasteiger partial charge is 0.426 e. The predicted molar refractivity (Wildman–Crippen MR) is 130 cm³/mol. The molecule has 0 spiro atoms. The normalized spacial score (nSPS) is 15.6. The molecular formula is C28H39NO3. The summed E-state index contributed by atoms with van der Waals surface area (Å²) < 4.78 is 6.00. The third kappa shape index (κ3) is 6.20. The molecule has 2 aromatic carbocycles. The van der Waals surface area contributed by atoms with Crippen LogP contribution in [0.5, 0.6) is 5.75 Å². The Morgan fingerprint density at radius 1 is 1.03 bits per heavy atom. The van der Waals surface area contributed by atoms with E-state index in [1.165, 1.54) is 5.56 Å². The predicted octanol–water partition coefficient (Wildman–Crippen LogP) is 5.92. The fraction of sp³-hybridized carbons (Fsp3) is 0.536. The number of benzene rings is 2. The van der Waals surface area contributed by atoms with E-state index in [9.17, 15) is 9.90 Å². The number of carbonyl (C=O) groups is 1. The molecule has 0 aromatic heterocycles. The molecule has 1 aliphatic rings. The summed E-state index contributed by atoms with van der Waals surface area (Å²) in [4.78, 5) is 15.3. The van der Waals surface area contributed by atoms with Crippen LogP contribution in [0.3, 0.4) is 0 Å². The smallest absolute Gasteiger partial charge is 0.314 e. The van der Waals surface area contributed by atoms with Crippen LogP contribution in [0.15, 0.2) is 48.5 Å². The van der Waals surface area contributed by atoms with Gasteiger partial charge in [-0.2, -0.15) is 0 Å². The Bertz CT molecular complexity index is 848. The molecule has 1 atom stereocenters. The van der Waals surface area contributed by atoms with E-state index in [2.05, 4.69) is 56.9 Å². The number of nitrogens with zero attached hydrogens (tertiary/aromatic N) is 1. The van der Waals surface area contributed by atoms with E-state index in [0.717, 1.165) is 49.8 Å². The van der Waals surface area contributed by atoms with E-state index >= 15 is 0 Å². The van der Waals surface area contributed by atoms with Gasteiger partial charge in [0.05, 0.1) is 12.5 Å². The molecule has 0 aliphatic heterocycles. The molecule has 0 radical (unpaired) electrons. The number of aliphatic hydroxyl groups is 1. The number of ether oxygens (including phenoxy) is 1. The molecule has 3 rings (SSSR count). The fourth-order valence-electron chi connectivity index (χ4n) is 4.99. The van der Waals surface area contributed by atoms with Crippen LogP contribution in [-0.4, -0.2) is 34.6 Å². The lowest BCUT2D eigenvalue weighted by Gasteiger charge is -2.32. The molecule has 1 saturated carbocycles. The molecular weight excluding hydrogens is 398 g/mol. The van der Waals surface area contributed by atoms with Crippen LogP contribution in [0.4, 0.5) is 0 Å². The molecule has 4 heteroatoms. The van der Waals surface area contributed by atoms with E-state index in [4.69, 9.17) is 4.74 Å². The zero-order chi connectivity index (χ0) is 23.1. The van der Waals surface area contributed by atoms with Gasteiger partial charge in [0, 0.05) is 23.6 Å². The van der Waals surface area contributed by atoms with E-state index < -0.39 is 0 Å². The van der Waals surface area contributed by atoms with Gasteiger partial charge in [0.15, 0.2) is 0 Å². The minimum atomic E-state index is -0.113. The summed E-state index contributed by atoms with van der Waals surface area (Å²) in [6.07, 6.45) is 4.95. The van der Waals surface area contributed by atoms with Crippen molar-refractivity contribution in [3.05, 3.63) is 65.2 Å². The van der Waals surface area contributed by atoms with Crippen LogP contribution >= 0.6 is 0 Å². The number of hydrogen-bond acceptors (Lipinski definition) is 4. The summed E-state index contributed by atoms with van der Waals surface area (Å²) in [5.74, 6) is 0.605. The topological polar surface area (TPSA) is 49.8 Å². The Kier molecular flexibility index (Phi) is 8.89. The highest BCUT2D eigenvalue weighted by Crippen LogP contribution is 2.37. The minimum Gasteiger partial charge on any atom is -0.426 e. The van der Waals surface area contributed by atoms with Gasteiger partial charge >= 0.3 is 5.97 Å². The van der Waals surface area contributed by atoms with Gasteiger partial charge in [-0.25, -0.2) is 0 Å². The van der Waals surface area contributed by atoms with Gasteiger partial charge in [-0.3, -0.25) is 9.69 Å². The molecule has 0 amide bonds. The van der Waals surface area contributed by atoms with E-state index in [1.54, 1.807) is 0 Å². The highest BCUT2D eigenvalue weighted by molar-refractivity contribution is 5.76. The van der Waals surface area contributed by atoms with Gasteiger partial charge < -0.3 is 9.84 Å². The molecule has 0 heterocycles. The van der Waals surface area contributed by atoms with Crippen LogP contribution in [0.2, 0.25) is 0 Å². The van der Waals surface area contributed by atoms with Crippen molar-refractivity contribution in [2.75, 3.05) is 6.54 Å². The number of carbonyl (C=O) groups excluding carboxylic acids is 1. The van der Waals surface area contributed by atoms with Crippen LogP contribution in [0.1, 0.15) is 82.4 Å². The summed E-state index contributed by atoms with van der Waals surface area (Å²) in [6.45, 7) is 9.85. The van der Waals surface area contributed by atoms with Crippen molar-refractivity contribution in [1.82, 2.24) is 4.90 Å². The summed E-state index contributed by atoms with van der Waals surface area (Å²) in [6, 6.07) is 17.1. The maximum absolute atomic E-state index is 12.8. The Morgan fingerprint density at radius 2 is 1.69 bits per heavy atom. The monoisotopic (exact) mass is 437 g/mol. The third-order valence-electron chi connectivity index (χ3n) is 6.74. The average Bonchev–Trinajstić information content (AvgIpc) is 3.32. The highest BCUT2D eigenvalue weighted by Gasteiger charge is 2.27. The van der Waals surface area contributed by atoms with Crippen molar-refractivity contribution in [2.24, 2.45) is 5.92 Å². The molecule has 32 heavy (non-hydrogen) atoms. The van der Waals surface area contributed by atoms with E-state index in [0.29, 0.717) is 17.8 Å². The summed E-state index contributed by atoms with van der Waals surface area (Å²) in [5, 5.41) is 9.81. The summed E-state index contributed by atoms with van der Waals surface area (Å²) in [7, 11) is 0.